The van der Waals surface area contributed by atoms with Crippen molar-refractivity contribution in [3.8, 4) is 6.01 Å². The third-order valence-corrected chi connectivity index (χ3v) is 3.17. The Bertz CT molecular complexity index is 352. The van der Waals surface area contributed by atoms with Gasteiger partial charge >= 0.3 is 6.01 Å². The van der Waals surface area contributed by atoms with Gasteiger partial charge in [0.1, 0.15) is 6.10 Å². The zero-order valence-corrected chi connectivity index (χ0v) is 10.8. The zero-order chi connectivity index (χ0) is 12.3. The number of aryl methyl sites for hydroxylation is 1. The van der Waals surface area contributed by atoms with Crippen molar-refractivity contribution >= 4 is 0 Å². The summed E-state index contributed by atoms with van der Waals surface area (Å²) in [4.78, 5) is 8.25. The van der Waals surface area contributed by atoms with E-state index in [-0.39, 0.29) is 6.10 Å². The Morgan fingerprint density at radius 3 is 2.29 bits per heavy atom. The molecule has 0 unspecified atom stereocenters. The van der Waals surface area contributed by atoms with Gasteiger partial charge in [0.25, 0.3) is 0 Å². The molecule has 1 aliphatic heterocycles. The minimum absolute atomic E-state index is 0.289. The maximum Gasteiger partial charge on any atom is 0.316 e. The third kappa shape index (κ3) is 2.57. The molecule has 1 aromatic heterocycles. The molecule has 4 nitrogen and oxygen atoms in total. The van der Waals surface area contributed by atoms with Crippen molar-refractivity contribution in [2.75, 3.05) is 13.2 Å². The van der Waals surface area contributed by atoms with Crippen LogP contribution < -0.4 is 4.74 Å². The van der Waals surface area contributed by atoms with Crippen LogP contribution in [0.2, 0.25) is 0 Å². The summed E-state index contributed by atoms with van der Waals surface area (Å²) in [5.74, 6) is 0. The molecule has 1 aromatic rings. The topological polar surface area (TPSA) is 44.2 Å². The van der Waals surface area contributed by atoms with Crippen molar-refractivity contribution in [2.24, 2.45) is 5.41 Å². The fraction of sp³-hybridized carbons (Fsp3) is 0.692. The van der Waals surface area contributed by atoms with Gasteiger partial charge in [0, 0.05) is 17.8 Å². The van der Waals surface area contributed by atoms with E-state index in [0.717, 1.165) is 31.6 Å². The molecule has 0 bridgehead atoms. The summed E-state index contributed by atoms with van der Waals surface area (Å²) in [7, 11) is 0. The second-order valence-electron chi connectivity index (χ2n) is 4.68. The SMILES string of the molecule is CC.Cc1cnc(OC2CC3(COC3)C2)nc1. The van der Waals surface area contributed by atoms with Gasteiger partial charge in [-0.05, 0) is 25.3 Å². The lowest BCUT2D eigenvalue weighted by molar-refractivity contribution is -0.192. The summed E-state index contributed by atoms with van der Waals surface area (Å²) in [5.41, 5.74) is 1.50. The van der Waals surface area contributed by atoms with Gasteiger partial charge in [0.05, 0.1) is 13.2 Å². The van der Waals surface area contributed by atoms with E-state index in [4.69, 9.17) is 9.47 Å². The van der Waals surface area contributed by atoms with E-state index in [2.05, 4.69) is 9.97 Å². The molecule has 0 aromatic carbocycles. The molecule has 2 aliphatic rings. The second-order valence-corrected chi connectivity index (χ2v) is 4.68. The first-order valence-electron chi connectivity index (χ1n) is 6.29. The van der Waals surface area contributed by atoms with Crippen LogP contribution in [-0.2, 0) is 4.74 Å². The molecule has 2 heterocycles. The first-order chi connectivity index (χ1) is 8.26. The van der Waals surface area contributed by atoms with Gasteiger partial charge in [-0.15, -0.1) is 0 Å². The number of hydrogen-bond acceptors (Lipinski definition) is 4. The van der Waals surface area contributed by atoms with Gasteiger partial charge in [-0.1, -0.05) is 13.8 Å². The molecule has 17 heavy (non-hydrogen) atoms. The Hall–Kier alpha value is -1.16. The lowest BCUT2D eigenvalue weighted by atomic mass is 9.65. The number of aromatic nitrogens is 2. The fourth-order valence-electron chi connectivity index (χ4n) is 2.21. The predicted molar refractivity (Wildman–Crippen MR) is 65.0 cm³/mol. The van der Waals surface area contributed by atoms with Crippen LogP contribution >= 0.6 is 0 Å². The summed E-state index contributed by atoms with van der Waals surface area (Å²) < 4.78 is 10.9. The van der Waals surface area contributed by atoms with E-state index >= 15 is 0 Å². The van der Waals surface area contributed by atoms with E-state index in [1.54, 1.807) is 12.4 Å². The molecule has 0 radical (unpaired) electrons. The maximum absolute atomic E-state index is 5.66. The summed E-state index contributed by atoms with van der Waals surface area (Å²) in [6.07, 6.45) is 6.03. The summed E-state index contributed by atoms with van der Waals surface area (Å²) in [6.45, 7) is 7.77. The fourth-order valence-corrected chi connectivity index (χ4v) is 2.21. The monoisotopic (exact) mass is 236 g/mol. The first kappa shape index (κ1) is 12.3. The molecule has 0 atom stereocenters. The van der Waals surface area contributed by atoms with Crippen molar-refractivity contribution < 1.29 is 9.47 Å². The van der Waals surface area contributed by atoms with E-state index < -0.39 is 0 Å². The molecular weight excluding hydrogens is 216 g/mol. The van der Waals surface area contributed by atoms with Crippen molar-refractivity contribution in [2.45, 2.75) is 39.7 Å². The molecule has 0 amide bonds. The quantitative estimate of drug-likeness (QED) is 0.790. The lowest BCUT2D eigenvalue weighted by Crippen LogP contribution is -2.56. The molecule has 94 valence electrons. The maximum atomic E-state index is 5.66. The van der Waals surface area contributed by atoms with Gasteiger partial charge in [0.2, 0.25) is 0 Å². The van der Waals surface area contributed by atoms with Crippen molar-refractivity contribution in [1.29, 1.82) is 0 Å². The Morgan fingerprint density at radius 2 is 1.82 bits per heavy atom. The van der Waals surface area contributed by atoms with Gasteiger partial charge in [-0.2, -0.15) is 0 Å². The number of nitrogens with zero attached hydrogens (tertiary/aromatic N) is 2. The summed E-state index contributed by atoms with van der Waals surface area (Å²) in [5, 5.41) is 0. The normalized spacial score (nSPS) is 20.9. The molecule has 1 spiro atoms. The number of ether oxygens (including phenoxy) is 2. The highest BCUT2D eigenvalue weighted by Crippen LogP contribution is 2.47. The van der Waals surface area contributed by atoms with E-state index in [1.807, 2.05) is 20.8 Å². The average Bonchev–Trinajstić information content (AvgIpc) is 2.26. The predicted octanol–water partition coefficient (Wildman–Crippen LogP) is 2.37. The highest BCUT2D eigenvalue weighted by atomic mass is 16.5. The standard InChI is InChI=1S/C11H14N2O2.C2H6/c1-8-4-12-10(13-5-8)15-9-2-11(3-9)6-14-7-11;1-2/h4-5,9H,2-3,6-7H2,1H3;1-2H3. The Balaban J connectivity index is 0.000000514. The number of rotatable bonds is 2. The average molecular weight is 236 g/mol. The van der Waals surface area contributed by atoms with Gasteiger partial charge in [0.15, 0.2) is 0 Å². The van der Waals surface area contributed by atoms with Crippen LogP contribution in [0.4, 0.5) is 0 Å². The van der Waals surface area contributed by atoms with Crippen LogP contribution in [0.15, 0.2) is 12.4 Å². The van der Waals surface area contributed by atoms with Crippen LogP contribution in [0.25, 0.3) is 0 Å². The highest BCUT2D eigenvalue weighted by Gasteiger charge is 2.51. The minimum Gasteiger partial charge on any atom is -0.460 e. The second kappa shape index (κ2) is 5.00. The Kier molecular flexibility index (Phi) is 3.62. The largest absolute Gasteiger partial charge is 0.460 e. The number of hydrogen-bond donors (Lipinski definition) is 0. The third-order valence-electron chi connectivity index (χ3n) is 3.17. The molecular formula is C13H20N2O2. The van der Waals surface area contributed by atoms with Crippen LogP contribution in [0.3, 0.4) is 0 Å². The Morgan fingerprint density at radius 1 is 1.24 bits per heavy atom. The summed E-state index contributed by atoms with van der Waals surface area (Å²) in [6, 6.07) is 0.501. The Labute approximate surface area is 102 Å². The van der Waals surface area contributed by atoms with Crippen molar-refractivity contribution in [1.82, 2.24) is 9.97 Å². The van der Waals surface area contributed by atoms with Crippen molar-refractivity contribution in [3.63, 3.8) is 0 Å². The lowest BCUT2D eigenvalue weighted by Gasteiger charge is -2.52. The van der Waals surface area contributed by atoms with E-state index in [1.165, 1.54) is 0 Å². The first-order valence-corrected chi connectivity index (χ1v) is 6.29. The smallest absolute Gasteiger partial charge is 0.316 e. The van der Waals surface area contributed by atoms with Gasteiger partial charge in [-0.25, -0.2) is 9.97 Å². The van der Waals surface area contributed by atoms with Gasteiger partial charge < -0.3 is 9.47 Å². The molecule has 4 heteroatoms. The highest BCUT2D eigenvalue weighted by molar-refractivity contribution is 5.07. The molecule has 1 aliphatic carbocycles. The van der Waals surface area contributed by atoms with Gasteiger partial charge in [-0.3, -0.25) is 0 Å². The van der Waals surface area contributed by atoms with Crippen LogP contribution in [-0.4, -0.2) is 29.3 Å². The molecule has 1 saturated heterocycles. The molecule has 3 rings (SSSR count). The molecule has 0 N–H and O–H groups in total. The summed E-state index contributed by atoms with van der Waals surface area (Å²) >= 11 is 0. The molecule has 2 fully saturated rings. The van der Waals surface area contributed by atoms with Crippen molar-refractivity contribution in [3.05, 3.63) is 18.0 Å². The van der Waals surface area contributed by atoms with Crippen LogP contribution in [0.1, 0.15) is 32.3 Å². The van der Waals surface area contributed by atoms with Crippen LogP contribution in [0.5, 0.6) is 6.01 Å². The molecule has 1 saturated carbocycles. The van der Waals surface area contributed by atoms with E-state index in [9.17, 15) is 0 Å². The van der Waals surface area contributed by atoms with E-state index in [0.29, 0.717) is 11.4 Å². The van der Waals surface area contributed by atoms with Crippen LogP contribution in [0, 0.1) is 12.3 Å². The minimum atomic E-state index is 0.289. The zero-order valence-electron chi connectivity index (χ0n) is 10.8.